The predicted octanol–water partition coefficient (Wildman–Crippen LogP) is 3.92. The summed E-state index contributed by atoms with van der Waals surface area (Å²) in [7, 11) is 0. The minimum Gasteiger partial charge on any atom is -0.465 e. The van der Waals surface area contributed by atoms with Crippen molar-refractivity contribution in [3.63, 3.8) is 0 Å². The van der Waals surface area contributed by atoms with Gasteiger partial charge < -0.3 is 14.7 Å². The number of thiophene rings is 1. The second-order valence-electron chi connectivity index (χ2n) is 5.09. The van der Waals surface area contributed by atoms with Crippen LogP contribution in [-0.4, -0.2) is 28.6 Å². The van der Waals surface area contributed by atoms with E-state index in [9.17, 15) is 14.7 Å². The van der Waals surface area contributed by atoms with Gasteiger partial charge in [0.1, 0.15) is 6.10 Å². The molecule has 0 spiro atoms. The van der Waals surface area contributed by atoms with Crippen molar-refractivity contribution in [3.05, 3.63) is 58.3 Å². The summed E-state index contributed by atoms with van der Waals surface area (Å²) in [6.07, 6.45) is -0.967. The Hall–Kier alpha value is -2.34. The third-order valence-corrected chi connectivity index (χ3v) is 4.28. The Morgan fingerprint density at radius 2 is 1.96 bits per heavy atom. The van der Waals surface area contributed by atoms with Gasteiger partial charge in [-0.25, -0.2) is 4.79 Å². The van der Waals surface area contributed by atoms with Crippen LogP contribution >= 0.6 is 11.3 Å². The number of nitrogens with zero attached hydrogens (tertiary/aromatic N) is 1. The first-order chi connectivity index (χ1) is 11.1. The topological polar surface area (TPSA) is 66.8 Å². The van der Waals surface area contributed by atoms with Gasteiger partial charge in [0, 0.05) is 31.3 Å². The first-order valence-electron chi connectivity index (χ1n) is 7.28. The lowest BCUT2D eigenvalue weighted by atomic mass is 10.2. The Morgan fingerprint density at radius 1 is 1.22 bits per heavy atom. The Balaban J connectivity index is 2.01. The van der Waals surface area contributed by atoms with E-state index >= 15 is 0 Å². The zero-order valence-corrected chi connectivity index (χ0v) is 13.7. The molecule has 5 nitrogen and oxygen atoms in total. The zero-order valence-electron chi connectivity index (χ0n) is 12.8. The van der Waals surface area contributed by atoms with Crippen molar-refractivity contribution in [2.75, 3.05) is 6.54 Å². The van der Waals surface area contributed by atoms with Crippen molar-refractivity contribution in [1.29, 1.82) is 0 Å². The molecule has 0 radical (unpaired) electrons. The number of benzene rings is 1. The van der Waals surface area contributed by atoms with Gasteiger partial charge >= 0.3 is 12.1 Å². The van der Waals surface area contributed by atoms with E-state index in [2.05, 4.69) is 0 Å². The molecular weight excluding hydrogens is 314 g/mol. The van der Waals surface area contributed by atoms with E-state index in [-0.39, 0.29) is 5.97 Å². The maximum Gasteiger partial charge on any atom is 0.407 e. The van der Waals surface area contributed by atoms with Gasteiger partial charge in [0.15, 0.2) is 0 Å². The van der Waals surface area contributed by atoms with E-state index in [1.54, 1.807) is 0 Å². The van der Waals surface area contributed by atoms with Crippen molar-refractivity contribution in [2.24, 2.45) is 0 Å². The van der Waals surface area contributed by atoms with Crippen molar-refractivity contribution >= 4 is 23.4 Å². The third-order valence-electron chi connectivity index (χ3n) is 3.32. The first-order valence-corrected chi connectivity index (χ1v) is 8.16. The van der Waals surface area contributed by atoms with Gasteiger partial charge in [0.2, 0.25) is 0 Å². The molecule has 0 aliphatic heterocycles. The number of carboxylic acid groups (broad SMARTS) is 1. The molecule has 122 valence electrons. The molecule has 1 aromatic heterocycles. The fourth-order valence-electron chi connectivity index (χ4n) is 2.25. The number of carbonyl (C=O) groups excluding carboxylic acids is 1. The van der Waals surface area contributed by atoms with Crippen LogP contribution in [0.3, 0.4) is 0 Å². The standard InChI is InChI=1S/C17H19NO4S/c1-13(19)22-15(16-8-5-11-23-16)9-10-18(17(20)21)12-14-6-3-2-4-7-14/h2-8,11,15H,9-10,12H2,1H3,(H,20,21)/t15-/m1/s1. The van der Waals surface area contributed by atoms with Crippen LogP contribution in [0.5, 0.6) is 0 Å². The summed E-state index contributed by atoms with van der Waals surface area (Å²) in [6.45, 7) is 1.97. The van der Waals surface area contributed by atoms with E-state index in [1.807, 2.05) is 47.8 Å². The van der Waals surface area contributed by atoms with Crippen molar-refractivity contribution in [1.82, 2.24) is 4.90 Å². The van der Waals surface area contributed by atoms with Crippen LogP contribution in [0.25, 0.3) is 0 Å². The molecule has 6 heteroatoms. The van der Waals surface area contributed by atoms with Crippen LogP contribution in [0.1, 0.15) is 29.9 Å². The molecule has 1 atom stereocenters. The van der Waals surface area contributed by atoms with Gasteiger partial charge in [0.25, 0.3) is 0 Å². The number of rotatable bonds is 7. The number of esters is 1. The largest absolute Gasteiger partial charge is 0.465 e. The Bertz CT molecular complexity index is 627. The first kappa shape index (κ1) is 17.0. The van der Waals surface area contributed by atoms with E-state index < -0.39 is 12.2 Å². The highest BCUT2D eigenvalue weighted by Crippen LogP contribution is 2.26. The molecule has 0 saturated carbocycles. The molecule has 0 aliphatic carbocycles. The summed E-state index contributed by atoms with van der Waals surface area (Å²) in [4.78, 5) is 25.0. The molecule has 23 heavy (non-hydrogen) atoms. The number of ether oxygens (including phenoxy) is 1. The molecule has 1 heterocycles. The lowest BCUT2D eigenvalue weighted by Gasteiger charge is -2.22. The fourth-order valence-corrected chi connectivity index (χ4v) is 3.04. The summed E-state index contributed by atoms with van der Waals surface area (Å²) in [5.74, 6) is -0.367. The molecule has 1 aromatic carbocycles. The smallest absolute Gasteiger partial charge is 0.407 e. The molecule has 0 bridgehead atoms. The van der Waals surface area contributed by atoms with Crippen LogP contribution in [0.4, 0.5) is 4.79 Å². The highest BCUT2D eigenvalue weighted by Gasteiger charge is 2.20. The van der Waals surface area contributed by atoms with Crippen LogP contribution in [0.15, 0.2) is 47.8 Å². The predicted molar refractivity (Wildman–Crippen MR) is 88.3 cm³/mol. The zero-order chi connectivity index (χ0) is 16.7. The quantitative estimate of drug-likeness (QED) is 0.780. The summed E-state index contributed by atoms with van der Waals surface area (Å²) < 4.78 is 5.33. The normalized spacial score (nSPS) is 11.7. The van der Waals surface area contributed by atoms with Gasteiger partial charge in [-0.2, -0.15) is 0 Å². The molecule has 1 amide bonds. The average Bonchev–Trinajstić information content (AvgIpc) is 3.04. The lowest BCUT2D eigenvalue weighted by molar-refractivity contribution is -0.147. The van der Waals surface area contributed by atoms with Crippen LogP contribution in [0, 0.1) is 0 Å². The molecule has 0 aliphatic rings. The number of amides is 1. The van der Waals surface area contributed by atoms with Gasteiger partial charge in [-0.1, -0.05) is 36.4 Å². The fraction of sp³-hybridized carbons (Fsp3) is 0.294. The van der Waals surface area contributed by atoms with E-state index in [0.29, 0.717) is 19.5 Å². The lowest BCUT2D eigenvalue weighted by Crippen LogP contribution is -2.31. The van der Waals surface area contributed by atoms with Gasteiger partial charge in [0.05, 0.1) is 0 Å². The molecular formula is C17H19NO4S. The summed E-state index contributed by atoms with van der Waals surface area (Å²) in [5.41, 5.74) is 0.926. The Labute approximate surface area is 139 Å². The maximum absolute atomic E-state index is 11.4. The minimum absolute atomic E-state index is 0.292. The second-order valence-corrected chi connectivity index (χ2v) is 6.07. The number of carbonyl (C=O) groups is 2. The Morgan fingerprint density at radius 3 is 2.52 bits per heavy atom. The molecule has 0 fully saturated rings. The van der Waals surface area contributed by atoms with Crippen molar-refractivity contribution in [3.8, 4) is 0 Å². The maximum atomic E-state index is 11.4. The summed E-state index contributed by atoms with van der Waals surface area (Å²) in [6, 6.07) is 13.2. The van der Waals surface area contributed by atoms with Crippen molar-refractivity contribution < 1.29 is 19.4 Å². The van der Waals surface area contributed by atoms with E-state index in [0.717, 1.165) is 10.4 Å². The monoisotopic (exact) mass is 333 g/mol. The Kier molecular flexibility index (Phi) is 6.17. The molecule has 0 unspecified atom stereocenters. The van der Waals surface area contributed by atoms with E-state index in [1.165, 1.54) is 23.2 Å². The minimum atomic E-state index is -0.985. The molecule has 1 N–H and O–H groups in total. The van der Waals surface area contributed by atoms with Crippen LogP contribution in [0.2, 0.25) is 0 Å². The average molecular weight is 333 g/mol. The van der Waals surface area contributed by atoms with Gasteiger partial charge in [-0.3, -0.25) is 4.79 Å². The van der Waals surface area contributed by atoms with Crippen LogP contribution < -0.4 is 0 Å². The highest BCUT2D eigenvalue weighted by atomic mass is 32.1. The van der Waals surface area contributed by atoms with Crippen LogP contribution in [-0.2, 0) is 16.1 Å². The SMILES string of the molecule is CC(=O)O[C@H](CCN(Cc1ccccc1)C(=O)O)c1cccs1. The second kappa shape index (κ2) is 8.33. The number of hydrogen-bond donors (Lipinski definition) is 1. The van der Waals surface area contributed by atoms with Crippen molar-refractivity contribution in [2.45, 2.75) is 26.0 Å². The third kappa shape index (κ3) is 5.41. The summed E-state index contributed by atoms with van der Waals surface area (Å²) >= 11 is 1.49. The molecule has 2 aromatic rings. The molecule has 0 saturated heterocycles. The van der Waals surface area contributed by atoms with Gasteiger partial charge in [-0.15, -0.1) is 11.3 Å². The number of hydrogen-bond acceptors (Lipinski definition) is 4. The van der Waals surface area contributed by atoms with E-state index in [4.69, 9.17) is 4.74 Å². The highest BCUT2D eigenvalue weighted by molar-refractivity contribution is 7.10. The summed E-state index contributed by atoms with van der Waals surface area (Å²) in [5, 5.41) is 11.3. The molecule has 2 rings (SSSR count). The van der Waals surface area contributed by atoms with Gasteiger partial charge in [-0.05, 0) is 17.0 Å².